The number of nitrogens with zero attached hydrogens (tertiary/aromatic N) is 1. The maximum absolute atomic E-state index is 11.0. The average molecular weight is 296 g/mol. The van der Waals surface area contributed by atoms with Crippen LogP contribution in [0.4, 0.5) is 5.69 Å². The molecule has 2 rings (SSSR count). The quantitative estimate of drug-likeness (QED) is 0.609. The molecule has 1 aromatic carbocycles. The van der Waals surface area contributed by atoms with Crippen LogP contribution >= 0.6 is 0 Å². The van der Waals surface area contributed by atoms with E-state index in [0.29, 0.717) is 18.8 Å². The Balaban J connectivity index is 2.06. The summed E-state index contributed by atoms with van der Waals surface area (Å²) in [5, 5.41) is 11.0. The summed E-state index contributed by atoms with van der Waals surface area (Å²) >= 11 is 0. The first-order valence-corrected chi connectivity index (χ1v) is 6.93. The van der Waals surface area contributed by atoms with E-state index in [1.807, 2.05) is 6.92 Å². The summed E-state index contributed by atoms with van der Waals surface area (Å²) in [6.45, 7) is 2.65. The zero-order valence-corrected chi connectivity index (χ0v) is 12.2. The molecule has 116 valence electrons. The van der Waals surface area contributed by atoms with Crippen molar-refractivity contribution in [2.24, 2.45) is 5.73 Å². The number of rotatable bonds is 7. The van der Waals surface area contributed by atoms with Gasteiger partial charge in [0.1, 0.15) is 18.0 Å². The molecular weight excluding hydrogens is 276 g/mol. The van der Waals surface area contributed by atoms with Gasteiger partial charge in [0.2, 0.25) is 0 Å². The number of ether oxygens (including phenoxy) is 3. The Morgan fingerprint density at radius 2 is 2.24 bits per heavy atom. The van der Waals surface area contributed by atoms with Crippen molar-refractivity contribution < 1.29 is 19.1 Å². The lowest BCUT2D eigenvalue weighted by molar-refractivity contribution is -0.385. The number of nitrogens with two attached hydrogens (primary N) is 1. The third kappa shape index (κ3) is 3.43. The molecule has 0 saturated heterocycles. The molecule has 0 radical (unpaired) electrons. The van der Waals surface area contributed by atoms with Gasteiger partial charge in [-0.15, -0.1) is 0 Å². The van der Waals surface area contributed by atoms with Crippen molar-refractivity contribution in [1.29, 1.82) is 0 Å². The topological polar surface area (TPSA) is 96.9 Å². The normalized spacial score (nSPS) is 24.2. The van der Waals surface area contributed by atoms with Gasteiger partial charge in [-0.05, 0) is 18.6 Å². The molecule has 0 amide bonds. The van der Waals surface area contributed by atoms with Gasteiger partial charge in [0.25, 0.3) is 0 Å². The van der Waals surface area contributed by atoms with Gasteiger partial charge < -0.3 is 19.9 Å². The first-order valence-electron chi connectivity index (χ1n) is 6.93. The fraction of sp³-hybridized carbons (Fsp3) is 0.571. The first kappa shape index (κ1) is 15.5. The smallest absolute Gasteiger partial charge is 0.314 e. The Bertz CT molecular complexity index is 508. The maximum Gasteiger partial charge on any atom is 0.314 e. The number of nitro benzene ring substituents is 1. The molecule has 1 fully saturated rings. The van der Waals surface area contributed by atoms with Crippen molar-refractivity contribution in [3.63, 3.8) is 0 Å². The summed E-state index contributed by atoms with van der Waals surface area (Å²) in [6, 6.07) is 4.48. The van der Waals surface area contributed by atoms with E-state index >= 15 is 0 Å². The summed E-state index contributed by atoms with van der Waals surface area (Å²) in [7, 11) is 1.39. The van der Waals surface area contributed by atoms with E-state index in [9.17, 15) is 10.1 Å². The first-order chi connectivity index (χ1) is 10.1. The SMILES string of the molecule is CCCOC1C(N)CC1Oc1ccc(OC)c([N+](=O)[O-])c1. The molecule has 0 spiro atoms. The number of nitro groups is 1. The Labute approximate surface area is 123 Å². The highest BCUT2D eigenvalue weighted by Crippen LogP contribution is 2.34. The van der Waals surface area contributed by atoms with E-state index in [1.54, 1.807) is 6.07 Å². The Morgan fingerprint density at radius 3 is 2.81 bits per heavy atom. The van der Waals surface area contributed by atoms with E-state index in [1.165, 1.54) is 19.2 Å². The van der Waals surface area contributed by atoms with E-state index in [4.69, 9.17) is 19.9 Å². The van der Waals surface area contributed by atoms with Crippen molar-refractivity contribution >= 4 is 5.69 Å². The minimum atomic E-state index is -0.497. The summed E-state index contributed by atoms with van der Waals surface area (Å²) in [5.74, 6) is 0.626. The van der Waals surface area contributed by atoms with Crippen LogP contribution < -0.4 is 15.2 Å². The van der Waals surface area contributed by atoms with E-state index in [-0.39, 0.29) is 29.7 Å². The molecule has 3 atom stereocenters. The van der Waals surface area contributed by atoms with Crippen molar-refractivity contribution in [1.82, 2.24) is 0 Å². The van der Waals surface area contributed by atoms with Crippen LogP contribution in [0, 0.1) is 10.1 Å². The molecule has 1 saturated carbocycles. The third-order valence-corrected chi connectivity index (χ3v) is 3.44. The van der Waals surface area contributed by atoms with E-state index in [2.05, 4.69) is 0 Å². The summed E-state index contributed by atoms with van der Waals surface area (Å²) in [6.07, 6.45) is 1.25. The van der Waals surface area contributed by atoms with Gasteiger partial charge >= 0.3 is 5.69 Å². The Kier molecular flexibility index (Phi) is 4.98. The third-order valence-electron chi connectivity index (χ3n) is 3.44. The Hall–Kier alpha value is -1.86. The minimum Gasteiger partial charge on any atom is -0.490 e. The lowest BCUT2D eigenvalue weighted by Gasteiger charge is -2.41. The molecular formula is C14H20N2O5. The van der Waals surface area contributed by atoms with Gasteiger partial charge in [-0.2, -0.15) is 0 Å². The fourth-order valence-corrected chi connectivity index (χ4v) is 2.28. The molecule has 7 heteroatoms. The molecule has 3 unspecified atom stereocenters. The second kappa shape index (κ2) is 6.73. The maximum atomic E-state index is 11.0. The summed E-state index contributed by atoms with van der Waals surface area (Å²) in [5.41, 5.74) is 5.78. The predicted octanol–water partition coefficient (Wildman–Crippen LogP) is 1.88. The van der Waals surface area contributed by atoms with Crippen LogP contribution in [0.1, 0.15) is 19.8 Å². The lowest BCUT2D eigenvalue weighted by Crippen LogP contribution is -2.59. The molecule has 1 aliphatic carbocycles. The van der Waals surface area contributed by atoms with Crippen molar-refractivity contribution in [2.45, 2.75) is 38.0 Å². The van der Waals surface area contributed by atoms with Crippen molar-refractivity contribution in [3.05, 3.63) is 28.3 Å². The predicted molar refractivity (Wildman–Crippen MR) is 76.7 cm³/mol. The van der Waals surface area contributed by atoms with Gasteiger partial charge in [0.05, 0.1) is 18.1 Å². The standard InChI is InChI=1S/C14H20N2O5/c1-3-6-20-14-10(15)8-13(14)21-9-4-5-12(19-2)11(7-9)16(17)18/h4-5,7,10,13-14H,3,6,8,15H2,1-2H3. The van der Waals surface area contributed by atoms with Gasteiger partial charge in [-0.1, -0.05) is 6.92 Å². The van der Waals surface area contributed by atoms with E-state index < -0.39 is 4.92 Å². The molecule has 0 bridgehead atoms. The van der Waals surface area contributed by atoms with Crippen molar-refractivity contribution in [3.8, 4) is 11.5 Å². The number of methoxy groups -OCH3 is 1. The molecule has 1 aliphatic rings. The largest absolute Gasteiger partial charge is 0.490 e. The summed E-state index contributed by atoms with van der Waals surface area (Å²) < 4.78 is 16.4. The number of benzene rings is 1. The van der Waals surface area contributed by atoms with Crippen LogP contribution in [0.2, 0.25) is 0 Å². The highest BCUT2D eigenvalue weighted by Gasteiger charge is 2.41. The molecule has 0 aliphatic heterocycles. The van der Waals surface area contributed by atoms with Gasteiger partial charge in [0.15, 0.2) is 5.75 Å². The van der Waals surface area contributed by atoms with Gasteiger partial charge in [-0.25, -0.2) is 0 Å². The highest BCUT2D eigenvalue weighted by atomic mass is 16.6. The number of hydrogen-bond donors (Lipinski definition) is 1. The van der Waals surface area contributed by atoms with E-state index in [0.717, 1.165) is 6.42 Å². The second-order valence-electron chi connectivity index (χ2n) is 4.98. The van der Waals surface area contributed by atoms with Crippen LogP contribution in [0.15, 0.2) is 18.2 Å². The number of hydrogen-bond acceptors (Lipinski definition) is 6. The van der Waals surface area contributed by atoms with Crippen LogP contribution in [0.25, 0.3) is 0 Å². The summed E-state index contributed by atoms with van der Waals surface area (Å²) in [4.78, 5) is 10.5. The van der Waals surface area contributed by atoms with Gasteiger partial charge in [0, 0.05) is 19.1 Å². The van der Waals surface area contributed by atoms with Gasteiger partial charge in [-0.3, -0.25) is 10.1 Å². The molecule has 0 aromatic heterocycles. The fourth-order valence-electron chi connectivity index (χ4n) is 2.28. The minimum absolute atomic E-state index is 0.0465. The molecule has 21 heavy (non-hydrogen) atoms. The monoisotopic (exact) mass is 296 g/mol. The highest BCUT2D eigenvalue weighted by molar-refractivity contribution is 5.50. The lowest BCUT2D eigenvalue weighted by atomic mass is 9.86. The average Bonchev–Trinajstić information content (AvgIpc) is 2.46. The molecule has 2 N–H and O–H groups in total. The molecule has 7 nitrogen and oxygen atoms in total. The zero-order valence-electron chi connectivity index (χ0n) is 12.2. The van der Waals surface area contributed by atoms with Crippen LogP contribution in [0.3, 0.4) is 0 Å². The zero-order chi connectivity index (χ0) is 15.4. The second-order valence-corrected chi connectivity index (χ2v) is 4.98. The molecule has 1 aromatic rings. The van der Waals surface area contributed by atoms with Crippen LogP contribution in [-0.4, -0.2) is 36.9 Å². The molecule has 0 heterocycles. The van der Waals surface area contributed by atoms with Crippen molar-refractivity contribution in [2.75, 3.05) is 13.7 Å². The van der Waals surface area contributed by atoms with Crippen LogP contribution in [-0.2, 0) is 4.74 Å². The Morgan fingerprint density at radius 1 is 1.48 bits per heavy atom. The van der Waals surface area contributed by atoms with Crippen LogP contribution in [0.5, 0.6) is 11.5 Å².